The Morgan fingerprint density at radius 1 is 1.50 bits per heavy atom. The Kier molecular flexibility index (Phi) is 3.48. The first-order chi connectivity index (χ1) is 7.64. The third kappa shape index (κ3) is 2.73. The molecule has 0 aromatic rings. The van der Waals surface area contributed by atoms with Gasteiger partial charge in [0.25, 0.3) is 0 Å². The Morgan fingerprint density at radius 2 is 2.25 bits per heavy atom. The number of nitriles is 1. The normalized spacial score (nSPS) is 29.0. The summed E-state index contributed by atoms with van der Waals surface area (Å²) in [7, 11) is 2.03. The lowest BCUT2D eigenvalue weighted by Crippen LogP contribution is -2.51. The molecule has 2 atom stereocenters. The van der Waals surface area contributed by atoms with E-state index in [-0.39, 0.29) is 0 Å². The van der Waals surface area contributed by atoms with E-state index in [9.17, 15) is 5.26 Å². The van der Waals surface area contributed by atoms with Gasteiger partial charge in [0.2, 0.25) is 0 Å². The summed E-state index contributed by atoms with van der Waals surface area (Å²) in [4.78, 5) is 2.15. The zero-order valence-electron chi connectivity index (χ0n) is 9.98. The van der Waals surface area contributed by atoms with Crippen molar-refractivity contribution in [2.75, 3.05) is 26.7 Å². The van der Waals surface area contributed by atoms with Crippen LogP contribution in [0.25, 0.3) is 0 Å². The minimum atomic E-state index is -0.645. The highest BCUT2D eigenvalue weighted by Gasteiger charge is 2.43. The Labute approximate surface area is 97.3 Å². The van der Waals surface area contributed by atoms with Crippen LogP contribution < -0.4 is 5.73 Å². The van der Waals surface area contributed by atoms with Crippen LogP contribution in [0.4, 0.5) is 0 Å². The first-order valence-electron chi connectivity index (χ1n) is 6.14. The number of nitrogens with zero attached hydrogens (tertiary/aromatic N) is 2. The van der Waals surface area contributed by atoms with Crippen molar-refractivity contribution in [3.63, 3.8) is 0 Å². The molecule has 2 fully saturated rings. The number of ether oxygens (including phenoxy) is 1. The van der Waals surface area contributed by atoms with Gasteiger partial charge in [0.05, 0.1) is 12.2 Å². The van der Waals surface area contributed by atoms with Gasteiger partial charge in [0, 0.05) is 19.7 Å². The molecule has 16 heavy (non-hydrogen) atoms. The number of hydrogen-bond donors (Lipinski definition) is 1. The SMILES string of the molecule is CN(CC1CCCO1)CC(N)(C#N)C1CC1. The minimum absolute atomic E-state index is 0.340. The van der Waals surface area contributed by atoms with Crippen LogP contribution in [0.15, 0.2) is 0 Å². The minimum Gasteiger partial charge on any atom is -0.377 e. The van der Waals surface area contributed by atoms with Crippen LogP contribution in [0.3, 0.4) is 0 Å². The molecule has 0 amide bonds. The Bertz CT molecular complexity index is 278. The van der Waals surface area contributed by atoms with Gasteiger partial charge in [-0.1, -0.05) is 0 Å². The van der Waals surface area contributed by atoms with E-state index in [4.69, 9.17) is 10.5 Å². The van der Waals surface area contributed by atoms with E-state index in [1.165, 1.54) is 0 Å². The van der Waals surface area contributed by atoms with Crippen molar-refractivity contribution in [3.8, 4) is 6.07 Å². The van der Waals surface area contributed by atoms with E-state index >= 15 is 0 Å². The summed E-state index contributed by atoms with van der Waals surface area (Å²) in [6.07, 6.45) is 4.85. The average molecular weight is 223 g/mol. The van der Waals surface area contributed by atoms with E-state index < -0.39 is 5.54 Å². The topological polar surface area (TPSA) is 62.3 Å². The molecule has 1 saturated carbocycles. The second kappa shape index (κ2) is 4.70. The third-order valence-corrected chi connectivity index (χ3v) is 3.58. The van der Waals surface area contributed by atoms with Crippen LogP contribution >= 0.6 is 0 Å². The number of rotatable bonds is 5. The lowest BCUT2D eigenvalue weighted by molar-refractivity contribution is 0.0761. The number of nitrogens with two attached hydrogens (primary N) is 1. The lowest BCUT2D eigenvalue weighted by atomic mass is 9.96. The molecule has 2 aliphatic rings. The van der Waals surface area contributed by atoms with Crippen LogP contribution in [-0.4, -0.2) is 43.3 Å². The molecule has 1 heterocycles. The van der Waals surface area contributed by atoms with E-state index in [0.29, 0.717) is 18.6 Å². The predicted molar refractivity (Wildman–Crippen MR) is 61.7 cm³/mol. The number of hydrogen-bond acceptors (Lipinski definition) is 4. The average Bonchev–Trinajstić information content (AvgIpc) is 3.00. The zero-order chi connectivity index (χ0) is 11.6. The van der Waals surface area contributed by atoms with Crippen LogP contribution in [0.2, 0.25) is 0 Å². The van der Waals surface area contributed by atoms with Gasteiger partial charge >= 0.3 is 0 Å². The van der Waals surface area contributed by atoms with E-state index in [2.05, 4.69) is 11.0 Å². The molecule has 4 nitrogen and oxygen atoms in total. The summed E-state index contributed by atoms with van der Waals surface area (Å²) in [5, 5.41) is 9.17. The molecule has 1 saturated heterocycles. The summed E-state index contributed by atoms with van der Waals surface area (Å²) < 4.78 is 5.58. The predicted octanol–water partition coefficient (Wildman–Crippen LogP) is 0.728. The fourth-order valence-electron chi connectivity index (χ4n) is 2.50. The van der Waals surface area contributed by atoms with E-state index in [1.54, 1.807) is 0 Å². The monoisotopic (exact) mass is 223 g/mol. The molecule has 2 unspecified atom stereocenters. The van der Waals surface area contributed by atoms with Gasteiger partial charge in [-0.3, -0.25) is 0 Å². The van der Waals surface area contributed by atoms with Crippen molar-refractivity contribution in [1.82, 2.24) is 4.90 Å². The Hall–Kier alpha value is -0.630. The summed E-state index contributed by atoms with van der Waals surface area (Å²) in [5.41, 5.74) is 5.49. The van der Waals surface area contributed by atoms with Crippen LogP contribution in [-0.2, 0) is 4.74 Å². The summed E-state index contributed by atoms with van der Waals surface area (Å²) in [6.45, 7) is 2.44. The van der Waals surface area contributed by atoms with E-state index in [0.717, 1.165) is 38.8 Å². The first kappa shape index (κ1) is 11.8. The molecule has 0 spiro atoms. The molecule has 0 aromatic heterocycles. The highest BCUT2D eigenvalue weighted by Crippen LogP contribution is 2.38. The molecule has 1 aliphatic carbocycles. The van der Waals surface area contributed by atoms with Gasteiger partial charge in [-0.2, -0.15) is 5.26 Å². The van der Waals surface area contributed by atoms with Gasteiger partial charge in [-0.05, 0) is 38.6 Å². The van der Waals surface area contributed by atoms with Crippen LogP contribution in [0.5, 0.6) is 0 Å². The second-order valence-corrected chi connectivity index (χ2v) is 5.26. The Balaban J connectivity index is 1.80. The molecule has 4 heteroatoms. The maximum atomic E-state index is 9.17. The quantitative estimate of drug-likeness (QED) is 0.746. The second-order valence-electron chi connectivity index (χ2n) is 5.26. The largest absolute Gasteiger partial charge is 0.377 e. The van der Waals surface area contributed by atoms with Gasteiger partial charge in [0.1, 0.15) is 5.54 Å². The van der Waals surface area contributed by atoms with Gasteiger partial charge in [-0.25, -0.2) is 0 Å². The third-order valence-electron chi connectivity index (χ3n) is 3.58. The van der Waals surface area contributed by atoms with Crippen molar-refractivity contribution in [3.05, 3.63) is 0 Å². The van der Waals surface area contributed by atoms with Crippen LogP contribution in [0.1, 0.15) is 25.7 Å². The standard InChI is InChI=1S/C12H21N3O/c1-15(7-11-3-2-6-16-11)9-12(14,8-13)10-4-5-10/h10-11H,2-7,9,14H2,1H3. The molecule has 1 aliphatic heterocycles. The first-order valence-corrected chi connectivity index (χ1v) is 6.14. The molecular weight excluding hydrogens is 202 g/mol. The molecule has 0 radical (unpaired) electrons. The van der Waals surface area contributed by atoms with Gasteiger partial charge in [-0.15, -0.1) is 0 Å². The van der Waals surface area contributed by atoms with Crippen molar-refractivity contribution in [2.24, 2.45) is 11.7 Å². The fourth-order valence-corrected chi connectivity index (χ4v) is 2.50. The molecule has 2 N–H and O–H groups in total. The summed E-state index contributed by atoms with van der Waals surface area (Å²) >= 11 is 0. The highest BCUT2D eigenvalue weighted by atomic mass is 16.5. The smallest absolute Gasteiger partial charge is 0.119 e. The fraction of sp³-hybridized carbons (Fsp3) is 0.917. The molecule has 90 valence electrons. The van der Waals surface area contributed by atoms with Crippen molar-refractivity contribution in [2.45, 2.75) is 37.3 Å². The van der Waals surface area contributed by atoms with Crippen molar-refractivity contribution >= 4 is 0 Å². The van der Waals surface area contributed by atoms with Gasteiger partial charge < -0.3 is 15.4 Å². The maximum Gasteiger partial charge on any atom is 0.119 e. The lowest BCUT2D eigenvalue weighted by Gasteiger charge is -2.29. The summed E-state index contributed by atoms with van der Waals surface area (Å²) in [5.74, 6) is 0.407. The highest BCUT2D eigenvalue weighted by molar-refractivity contribution is 5.14. The summed E-state index contributed by atoms with van der Waals surface area (Å²) in [6, 6.07) is 2.29. The molecule has 0 bridgehead atoms. The zero-order valence-corrected chi connectivity index (χ0v) is 9.98. The molecule has 0 aromatic carbocycles. The van der Waals surface area contributed by atoms with Gasteiger partial charge in [0.15, 0.2) is 0 Å². The maximum absolute atomic E-state index is 9.17. The Morgan fingerprint density at radius 3 is 2.75 bits per heavy atom. The van der Waals surface area contributed by atoms with Crippen LogP contribution in [0, 0.1) is 17.2 Å². The van der Waals surface area contributed by atoms with E-state index in [1.807, 2.05) is 7.05 Å². The molecule has 2 rings (SSSR count). The van der Waals surface area contributed by atoms with Crippen molar-refractivity contribution < 1.29 is 4.74 Å². The van der Waals surface area contributed by atoms with Crippen molar-refractivity contribution in [1.29, 1.82) is 5.26 Å². The number of likely N-dealkylation sites (N-methyl/N-ethyl adjacent to an activating group) is 1. The molecular formula is C12H21N3O.